The largest absolute Gasteiger partial charge is 0.294 e. The van der Waals surface area contributed by atoms with Gasteiger partial charge in [-0.1, -0.05) is 36.4 Å². The van der Waals surface area contributed by atoms with Crippen LogP contribution in [0.3, 0.4) is 0 Å². The third kappa shape index (κ3) is 2.81. The monoisotopic (exact) mass is 494 g/mol. The van der Waals surface area contributed by atoms with E-state index in [0.29, 0.717) is 5.56 Å². The van der Waals surface area contributed by atoms with Crippen molar-refractivity contribution in [2.45, 2.75) is 24.5 Å². The zero-order chi connectivity index (χ0) is 22.2. The van der Waals surface area contributed by atoms with E-state index in [0.717, 1.165) is 46.8 Å². The summed E-state index contributed by atoms with van der Waals surface area (Å²) in [7, 11) is -3.49. The molecule has 0 N–H and O–H groups in total. The highest BCUT2D eigenvalue weighted by Crippen LogP contribution is 2.54. The van der Waals surface area contributed by atoms with Gasteiger partial charge in [-0.2, -0.15) is 0 Å². The van der Waals surface area contributed by atoms with Gasteiger partial charge < -0.3 is 0 Å². The summed E-state index contributed by atoms with van der Waals surface area (Å²) in [4.78, 5) is 16.3. The van der Waals surface area contributed by atoms with Gasteiger partial charge in [-0.05, 0) is 26.0 Å². The molecular weight excluding hydrogens is 477 g/mol. The lowest BCUT2D eigenvalue weighted by Gasteiger charge is -2.13. The van der Waals surface area contributed by atoms with Crippen LogP contribution in [-0.2, 0) is 9.84 Å². The second-order valence-corrected chi connectivity index (χ2v) is 13.9. The van der Waals surface area contributed by atoms with Gasteiger partial charge >= 0.3 is 0 Å². The molecular formula is C25H18O3S4. The molecule has 1 aliphatic heterocycles. The number of hydrogen-bond donors (Lipinski definition) is 0. The summed E-state index contributed by atoms with van der Waals surface area (Å²) in [5.74, 6) is -0.176. The Morgan fingerprint density at radius 1 is 0.719 bits per heavy atom. The summed E-state index contributed by atoms with van der Waals surface area (Å²) in [6.07, 6.45) is 0.0446. The van der Waals surface area contributed by atoms with Crippen LogP contribution < -0.4 is 0 Å². The molecule has 3 aromatic heterocycles. The van der Waals surface area contributed by atoms with Crippen LogP contribution in [0.25, 0.3) is 41.7 Å². The van der Waals surface area contributed by atoms with Gasteiger partial charge in [0, 0.05) is 57.9 Å². The van der Waals surface area contributed by atoms with Crippen LogP contribution in [0.1, 0.15) is 26.5 Å². The molecule has 0 aliphatic carbocycles. The Morgan fingerprint density at radius 2 is 1.28 bits per heavy atom. The first kappa shape index (κ1) is 20.3. The summed E-state index contributed by atoms with van der Waals surface area (Å²) in [6, 6.07) is 16.4. The van der Waals surface area contributed by atoms with Crippen LogP contribution in [0, 0.1) is 13.8 Å². The van der Waals surface area contributed by atoms with Crippen molar-refractivity contribution >= 4 is 69.8 Å². The van der Waals surface area contributed by atoms with E-state index >= 15 is 0 Å². The fraction of sp³-hybridized carbons (Fsp3) is 0.160. The topological polar surface area (TPSA) is 51.2 Å². The fourth-order valence-electron chi connectivity index (χ4n) is 4.67. The summed E-state index contributed by atoms with van der Waals surface area (Å²) in [6.45, 7) is 4.14. The average molecular weight is 495 g/mol. The Hall–Kier alpha value is -2.32. The fourth-order valence-corrected chi connectivity index (χ4v) is 10.2. The van der Waals surface area contributed by atoms with Crippen molar-refractivity contribution in [3.8, 4) is 21.6 Å². The smallest absolute Gasteiger partial charge is 0.188 e. The molecule has 0 radical (unpaired) electrons. The average Bonchev–Trinajstić information content (AvgIpc) is 3.40. The lowest BCUT2D eigenvalue weighted by Crippen LogP contribution is -2.19. The van der Waals surface area contributed by atoms with Gasteiger partial charge in [-0.15, -0.1) is 34.0 Å². The Bertz CT molecular complexity index is 1680. The molecule has 0 unspecified atom stereocenters. The molecule has 1 aliphatic rings. The number of carbonyl (C=O) groups excluding carboxylic acids is 1. The maximum absolute atomic E-state index is 13.2. The van der Waals surface area contributed by atoms with Gasteiger partial charge in [-0.25, -0.2) is 8.42 Å². The van der Waals surface area contributed by atoms with Crippen molar-refractivity contribution in [3.05, 3.63) is 63.8 Å². The number of rotatable bonds is 2. The highest BCUT2D eigenvalue weighted by Gasteiger charge is 2.38. The minimum atomic E-state index is -3.49. The molecule has 0 fully saturated rings. The van der Waals surface area contributed by atoms with E-state index in [1.54, 1.807) is 22.7 Å². The van der Waals surface area contributed by atoms with Gasteiger partial charge in [0.1, 0.15) is 4.21 Å². The van der Waals surface area contributed by atoms with E-state index in [4.69, 9.17) is 0 Å². The number of carbonyl (C=O) groups is 1. The van der Waals surface area contributed by atoms with Crippen LogP contribution in [0.4, 0.5) is 0 Å². The van der Waals surface area contributed by atoms with E-state index in [1.165, 1.54) is 16.0 Å². The lowest BCUT2D eigenvalue weighted by molar-refractivity contribution is 0.0984. The second-order valence-electron chi connectivity index (χ2n) is 8.02. The Kier molecular flexibility index (Phi) is 4.50. The van der Waals surface area contributed by atoms with E-state index in [2.05, 4.69) is 38.1 Å². The number of sulfone groups is 1. The van der Waals surface area contributed by atoms with Gasteiger partial charge in [0.15, 0.2) is 15.6 Å². The highest BCUT2D eigenvalue weighted by atomic mass is 32.2. The summed E-state index contributed by atoms with van der Waals surface area (Å²) >= 11 is 4.68. The quantitative estimate of drug-likeness (QED) is 0.255. The normalized spacial score (nSPS) is 15.5. The molecule has 4 heterocycles. The lowest BCUT2D eigenvalue weighted by atomic mass is 9.93. The van der Waals surface area contributed by atoms with Crippen LogP contribution in [0.15, 0.2) is 52.7 Å². The molecule has 0 saturated carbocycles. The molecule has 3 nitrogen and oxygen atoms in total. The van der Waals surface area contributed by atoms with Crippen molar-refractivity contribution in [3.63, 3.8) is 0 Å². The molecule has 0 saturated heterocycles. The van der Waals surface area contributed by atoms with Gasteiger partial charge in [0.2, 0.25) is 0 Å². The van der Waals surface area contributed by atoms with E-state index < -0.39 is 9.84 Å². The Labute approximate surface area is 197 Å². The Morgan fingerprint density at radius 3 is 1.94 bits per heavy atom. The molecule has 5 aromatic rings. The van der Waals surface area contributed by atoms with Crippen molar-refractivity contribution < 1.29 is 13.2 Å². The molecule has 6 rings (SSSR count). The van der Waals surface area contributed by atoms with E-state index in [9.17, 15) is 13.2 Å². The second kappa shape index (κ2) is 7.09. The first-order valence-corrected chi connectivity index (χ1v) is 14.4. The zero-order valence-electron chi connectivity index (χ0n) is 17.4. The highest BCUT2D eigenvalue weighted by molar-refractivity contribution is 7.93. The van der Waals surface area contributed by atoms with Crippen molar-refractivity contribution in [1.82, 2.24) is 0 Å². The predicted octanol–water partition coefficient (Wildman–Crippen LogP) is 7.49. The van der Waals surface area contributed by atoms with Crippen LogP contribution >= 0.6 is 34.0 Å². The van der Waals surface area contributed by atoms with E-state index in [-0.39, 0.29) is 22.2 Å². The number of thiophene rings is 3. The molecule has 0 bridgehead atoms. The molecule has 2 aromatic carbocycles. The minimum absolute atomic E-state index is 0.0446. The first-order valence-electron chi connectivity index (χ1n) is 10.3. The van der Waals surface area contributed by atoms with Gasteiger partial charge in [0.05, 0.1) is 11.3 Å². The molecule has 160 valence electrons. The zero-order valence-corrected chi connectivity index (χ0v) is 20.7. The maximum Gasteiger partial charge on any atom is 0.188 e. The first-order chi connectivity index (χ1) is 15.4. The molecule has 0 spiro atoms. The standard InChI is InChI=1S/C25H18O3S4/c1-13-20(15-7-3-5-9-18(15)29-13)23-22-17(26)11-12-32(27,28)25(22)31-24(23)21-14(2)30-19-10-6-4-8-16(19)21/h3-10H,11-12H2,1-2H3. The number of fused-ring (bicyclic) bond motifs is 3. The minimum Gasteiger partial charge on any atom is -0.294 e. The number of Topliss-reactive ketones (excluding diaryl/α,β-unsaturated/α-hetero) is 1. The van der Waals surface area contributed by atoms with Crippen LogP contribution in [0.2, 0.25) is 0 Å². The molecule has 0 atom stereocenters. The number of ketones is 1. The van der Waals surface area contributed by atoms with Crippen LogP contribution in [0.5, 0.6) is 0 Å². The van der Waals surface area contributed by atoms with Crippen molar-refractivity contribution in [2.75, 3.05) is 5.75 Å². The number of benzene rings is 2. The Balaban J connectivity index is 1.82. The predicted molar refractivity (Wildman–Crippen MR) is 136 cm³/mol. The van der Waals surface area contributed by atoms with Gasteiger partial charge in [0.25, 0.3) is 0 Å². The summed E-state index contributed by atoms with van der Waals surface area (Å²) in [5, 5.41) is 2.18. The molecule has 0 amide bonds. The van der Waals surface area contributed by atoms with Gasteiger partial charge in [-0.3, -0.25) is 4.79 Å². The summed E-state index contributed by atoms with van der Waals surface area (Å²) < 4.78 is 28.7. The molecule has 32 heavy (non-hydrogen) atoms. The van der Waals surface area contributed by atoms with Crippen LogP contribution in [-0.4, -0.2) is 20.0 Å². The van der Waals surface area contributed by atoms with Crippen molar-refractivity contribution in [1.29, 1.82) is 0 Å². The van der Waals surface area contributed by atoms with Crippen molar-refractivity contribution in [2.24, 2.45) is 0 Å². The summed E-state index contributed by atoms with van der Waals surface area (Å²) in [5.41, 5.74) is 3.26. The molecule has 7 heteroatoms. The third-order valence-corrected chi connectivity index (χ3v) is 11.8. The third-order valence-electron chi connectivity index (χ3n) is 6.06. The SMILES string of the molecule is Cc1sc2ccccc2c1-c1sc2c(c1-c1c(C)sc3ccccc13)C(=O)CCS2(=O)=O. The van der Waals surface area contributed by atoms with E-state index in [1.807, 2.05) is 24.3 Å². The number of aryl methyl sites for hydroxylation is 2. The number of hydrogen-bond acceptors (Lipinski definition) is 6. The maximum atomic E-state index is 13.2.